The van der Waals surface area contributed by atoms with Crippen molar-refractivity contribution in [3.05, 3.63) is 29.3 Å². The summed E-state index contributed by atoms with van der Waals surface area (Å²) >= 11 is 0. The summed E-state index contributed by atoms with van der Waals surface area (Å²) < 4.78 is 6.08. The van der Waals surface area contributed by atoms with Crippen LogP contribution >= 0.6 is 0 Å². The molecule has 122 valence electrons. The maximum absolute atomic E-state index is 6.15. The highest BCUT2D eigenvalue weighted by molar-refractivity contribution is 5.62. The van der Waals surface area contributed by atoms with Gasteiger partial charge in [-0.05, 0) is 44.7 Å². The molecule has 22 heavy (non-hydrogen) atoms. The fourth-order valence-corrected chi connectivity index (χ4v) is 2.81. The minimum absolute atomic E-state index is 0.316. The van der Waals surface area contributed by atoms with Crippen molar-refractivity contribution in [3.63, 3.8) is 0 Å². The van der Waals surface area contributed by atoms with Gasteiger partial charge in [-0.3, -0.25) is 5.01 Å². The van der Waals surface area contributed by atoms with Crippen LogP contribution < -0.4 is 21.6 Å². The van der Waals surface area contributed by atoms with E-state index in [1.807, 2.05) is 19.1 Å². The largest absolute Gasteiger partial charge is 0.489 e. The zero-order valence-electron chi connectivity index (χ0n) is 13.7. The van der Waals surface area contributed by atoms with Crippen molar-refractivity contribution in [3.8, 4) is 5.75 Å². The average molecular weight is 305 g/mol. The molecule has 1 aliphatic rings. The molecule has 6 nitrogen and oxygen atoms in total. The van der Waals surface area contributed by atoms with Crippen molar-refractivity contribution >= 4 is 5.70 Å². The first-order chi connectivity index (χ1) is 10.5. The van der Waals surface area contributed by atoms with Crippen molar-refractivity contribution in [2.75, 3.05) is 14.1 Å². The van der Waals surface area contributed by atoms with Gasteiger partial charge in [-0.1, -0.05) is 6.42 Å². The topological polar surface area (TPSA) is 89.4 Å². The Morgan fingerprint density at radius 3 is 2.55 bits per heavy atom. The van der Waals surface area contributed by atoms with E-state index >= 15 is 0 Å². The summed E-state index contributed by atoms with van der Waals surface area (Å²) in [4.78, 5) is 4.56. The number of hydrazine groups is 1. The summed E-state index contributed by atoms with van der Waals surface area (Å²) in [6.07, 6.45) is 6.39. The Morgan fingerprint density at radius 2 is 2.00 bits per heavy atom. The normalized spacial score (nSPS) is 16.9. The van der Waals surface area contributed by atoms with Crippen LogP contribution in [0.15, 0.2) is 18.0 Å². The van der Waals surface area contributed by atoms with Gasteiger partial charge in [0.2, 0.25) is 0 Å². The molecule has 2 rings (SSSR count). The SMILES string of the molecule is CN/C(=C(/N)c1ccc(OC2CCCCC2)c(C)n1)N(C)N. The molecule has 0 amide bonds. The maximum Gasteiger partial charge on any atom is 0.141 e. The monoisotopic (exact) mass is 305 g/mol. The van der Waals surface area contributed by atoms with E-state index in [-0.39, 0.29) is 0 Å². The van der Waals surface area contributed by atoms with E-state index in [2.05, 4.69) is 10.3 Å². The summed E-state index contributed by atoms with van der Waals surface area (Å²) in [5.41, 5.74) is 8.20. The number of aryl methyl sites for hydroxylation is 1. The van der Waals surface area contributed by atoms with Crippen molar-refractivity contribution in [1.82, 2.24) is 15.3 Å². The summed E-state index contributed by atoms with van der Waals surface area (Å²) in [5.74, 6) is 7.23. The van der Waals surface area contributed by atoms with Gasteiger partial charge < -0.3 is 15.8 Å². The van der Waals surface area contributed by atoms with E-state index < -0.39 is 0 Å². The Kier molecular flexibility index (Phi) is 5.49. The Labute approximate surface area is 132 Å². The quantitative estimate of drug-likeness (QED) is 0.567. The van der Waals surface area contributed by atoms with Gasteiger partial charge in [-0.25, -0.2) is 10.8 Å². The Bertz CT molecular complexity index is 535. The van der Waals surface area contributed by atoms with Crippen molar-refractivity contribution in [1.29, 1.82) is 0 Å². The summed E-state index contributed by atoms with van der Waals surface area (Å²) in [6, 6.07) is 3.82. The lowest BCUT2D eigenvalue weighted by atomic mass is 9.98. The smallest absolute Gasteiger partial charge is 0.141 e. The number of nitrogens with one attached hydrogen (secondary N) is 1. The highest BCUT2D eigenvalue weighted by Crippen LogP contribution is 2.26. The summed E-state index contributed by atoms with van der Waals surface area (Å²) in [6.45, 7) is 1.94. The Balaban J connectivity index is 2.18. The first kappa shape index (κ1) is 16.4. The van der Waals surface area contributed by atoms with E-state index in [0.717, 1.165) is 24.3 Å². The second-order valence-corrected chi connectivity index (χ2v) is 5.78. The first-order valence-corrected chi connectivity index (χ1v) is 7.83. The highest BCUT2D eigenvalue weighted by Gasteiger charge is 2.17. The molecule has 0 spiro atoms. The van der Waals surface area contributed by atoms with Crippen molar-refractivity contribution in [2.45, 2.75) is 45.1 Å². The number of pyridine rings is 1. The van der Waals surface area contributed by atoms with Crippen LogP contribution in [-0.2, 0) is 0 Å². The predicted molar refractivity (Wildman–Crippen MR) is 88.6 cm³/mol. The van der Waals surface area contributed by atoms with Gasteiger partial charge >= 0.3 is 0 Å². The van der Waals surface area contributed by atoms with E-state index in [1.54, 1.807) is 14.1 Å². The molecule has 5 N–H and O–H groups in total. The Morgan fingerprint density at radius 1 is 1.32 bits per heavy atom. The van der Waals surface area contributed by atoms with Gasteiger partial charge in [0.1, 0.15) is 11.6 Å². The minimum atomic E-state index is 0.316. The van der Waals surface area contributed by atoms with Crippen LogP contribution in [0.5, 0.6) is 5.75 Å². The molecule has 1 saturated carbocycles. The van der Waals surface area contributed by atoms with Gasteiger partial charge in [-0.2, -0.15) is 0 Å². The molecule has 6 heteroatoms. The highest BCUT2D eigenvalue weighted by atomic mass is 16.5. The van der Waals surface area contributed by atoms with Crippen LogP contribution in [0.3, 0.4) is 0 Å². The number of hydrogen-bond acceptors (Lipinski definition) is 6. The van der Waals surface area contributed by atoms with Gasteiger partial charge in [0.25, 0.3) is 0 Å². The molecule has 0 saturated heterocycles. The number of ether oxygens (including phenoxy) is 1. The average Bonchev–Trinajstić information content (AvgIpc) is 2.50. The number of nitrogens with zero attached hydrogens (tertiary/aromatic N) is 2. The Hall–Kier alpha value is -1.95. The van der Waals surface area contributed by atoms with Crippen LogP contribution in [0.1, 0.15) is 43.5 Å². The van der Waals surface area contributed by atoms with E-state index in [1.165, 1.54) is 24.3 Å². The first-order valence-electron chi connectivity index (χ1n) is 7.83. The van der Waals surface area contributed by atoms with Crippen LogP contribution in [0, 0.1) is 6.92 Å². The predicted octanol–water partition coefficient (Wildman–Crippen LogP) is 1.71. The lowest BCUT2D eigenvalue weighted by Gasteiger charge is -2.24. The molecule has 0 aliphatic heterocycles. The fraction of sp³-hybridized carbons (Fsp3) is 0.562. The molecule has 0 aromatic carbocycles. The third-order valence-corrected chi connectivity index (χ3v) is 4.00. The molecule has 1 aliphatic carbocycles. The standard InChI is InChI=1S/C16H27N5O/c1-11-14(22-12-7-5-4-6-8-12)10-9-13(20-11)15(17)16(19-2)21(3)18/h9-10,12,19H,4-8,17-18H2,1-3H3/b16-15-. The third kappa shape index (κ3) is 3.82. The van der Waals surface area contributed by atoms with Crippen molar-refractivity contribution < 1.29 is 4.74 Å². The van der Waals surface area contributed by atoms with Crippen molar-refractivity contribution in [2.24, 2.45) is 11.6 Å². The fourth-order valence-electron chi connectivity index (χ4n) is 2.81. The summed E-state index contributed by atoms with van der Waals surface area (Å²) in [5, 5.41) is 4.43. The van der Waals surface area contributed by atoms with Crippen LogP contribution in [0.4, 0.5) is 0 Å². The molecule has 0 bridgehead atoms. The molecule has 1 heterocycles. The second-order valence-electron chi connectivity index (χ2n) is 5.78. The molecule has 0 atom stereocenters. The number of rotatable bonds is 5. The molecular weight excluding hydrogens is 278 g/mol. The zero-order valence-corrected chi connectivity index (χ0v) is 13.7. The van der Waals surface area contributed by atoms with E-state index in [0.29, 0.717) is 23.3 Å². The van der Waals surface area contributed by atoms with Gasteiger partial charge in [0.15, 0.2) is 0 Å². The molecule has 0 radical (unpaired) electrons. The third-order valence-electron chi connectivity index (χ3n) is 4.00. The van der Waals surface area contributed by atoms with E-state index in [4.69, 9.17) is 16.3 Å². The van der Waals surface area contributed by atoms with Crippen LogP contribution in [0.2, 0.25) is 0 Å². The number of hydrogen-bond donors (Lipinski definition) is 3. The second kappa shape index (κ2) is 7.35. The lowest BCUT2D eigenvalue weighted by Crippen LogP contribution is -2.34. The van der Waals surface area contributed by atoms with Crippen LogP contribution in [0.25, 0.3) is 5.70 Å². The molecule has 1 aromatic heterocycles. The van der Waals surface area contributed by atoms with Crippen LogP contribution in [-0.4, -0.2) is 30.2 Å². The van der Waals surface area contributed by atoms with Gasteiger partial charge in [0.05, 0.1) is 23.2 Å². The molecular formula is C16H27N5O. The van der Waals surface area contributed by atoms with Gasteiger partial charge in [-0.15, -0.1) is 0 Å². The molecule has 0 unspecified atom stereocenters. The number of nitrogens with two attached hydrogens (primary N) is 2. The number of aromatic nitrogens is 1. The molecule has 1 fully saturated rings. The maximum atomic E-state index is 6.15. The van der Waals surface area contributed by atoms with Gasteiger partial charge in [0, 0.05) is 14.1 Å². The minimum Gasteiger partial charge on any atom is -0.489 e. The zero-order chi connectivity index (χ0) is 16.1. The lowest BCUT2D eigenvalue weighted by molar-refractivity contribution is 0.153. The van der Waals surface area contributed by atoms with E-state index in [9.17, 15) is 0 Å². The summed E-state index contributed by atoms with van der Waals surface area (Å²) in [7, 11) is 3.51. The molecule has 1 aromatic rings.